The predicted octanol–water partition coefficient (Wildman–Crippen LogP) is 3.84. The molecule has 1 fully saturated rings. The Kier molecular flexibility index (Phi) is 4.05. The molecule has 1 atom stereocenters. The lowest BCUT2D eigenvalue weighted by Gasteiger charge is -2.33. The van der Waals surface area contributed by atoms with Crippen LogP contribution in [0.5, 0.6) is 0 Å². The molecule has 25 heavy (non-hydrogen) atoms. The number of furan rings is 1. The van der Waals surface area contributed by atoms with Crippen LogP contribution >= 0.6 is 0 Å². The molecule has 4 rings (SSSR count). The van der Waals surface area contributed by atoms with Gasteiger partial charge in [-0.3, -0.25) is 4.79 Å². The second-order valence-corrected chi connectivity index (χ2v) is 5.99. The molecule has 1 aromatic carbocycles. The van der Waals surface area contributed by atoms with Gasteiger partial charge in [0.1, 0.15) is 18.1 Å². The van der Waals surface area contributed by atoms with E-state index in [1.54, 1.807) is 23.1 Å². The van der Waals surface area contributed by atoms with E-state index in [2.05, 4.69) is 10.1 Å². The molecule has 0 spiro atoms. The van der Waals surface area contributed by atoms with E-state index in [0.717, 1.165) is 19.3 Å². The predicted molar refractivity (Wildman–Crippen MR) is 86.0 cm³/mol. The topological polar surface area (TPSA) is 72.4 Å². The fraction of sp³-hybridized carbons (Fsp3) is 0.278. The number of hydrogen-bond donors (Lipinski definition) is 0. The highest BCUT2D eigenvalue weighted by atomic mass is 19.1. The lowest BCUT2D eigenvalue weighted by atomic mass is 10.0. The Morgan fingerprint density at radius 2 is 2.04 bits per heavy atom. The Labute approximate surface area is 143 Å². The summed E-state index contributed by atoms with van der Waals surface area (Å²) in [6.07, 6.45) is 5.58. The van der Waals surface area contributed by atoms with E-state index in [4.69, 9.17) is 8.94 Å². The summed E-state index contributed by atoms with van der Waals surface area (Å²) in [7, 11) is 0. The van der Waals surface area contributed by atoms with Crippen LogP contribution in [-0.4, -0.2) is 27.5 Å². The smallest absolute Gasteiger partial charge is 0.257 e. The summed E-state index contributed by atoms with van der Waals surface area (Å²) >= 11 is 0. The molecule has 0 radical (unpaired) electrons. The molecule has 1 saturated heterocycles. The van der Waals surface area contributed by atoms with Crippen molar-refractivity contribution in [2.24, 2.45) is 0 Å². The van der Waals surface area contributed by atoms with Crippen LogP contribution in [0.25, 0.3) is 11.4 Å². The van der Waals surface area contributed by atoms with Crippen molar-refractivity contribution in [3.05, 3.63) is 60.1 Å². The fourth-order valence-corrected chi connectivity index (χ4v) is 3.07. The highest BCUT2D eigenvalue weighted by Crippen LogP contribution is 2.32. The van der Waals surface area contributed by atoms with E-state index >= 15 is 0 Å². The van der Waals surface area contributed by atoms with Crippen LogP contribution in [0.15, 0.2) is 51.8 Å². The molecule has 0 unspecified atom stereocenters. The zero-order valence-corrected chi connectivity index (χ0v) is 13.4. The van der Waals surface area contributed by atoms with Crippen LogP contribution in [0.3, 0.4) is 0 Å². The van der Waals surface area contributed by atoms with Gasteiger partial charge >= 0.3 is 0 Å². The molecule has 0 N–H and O–H groups in total. The summed E-state index contributed by atoms with van der Waals surface area (Å²) in [5, 5.41) is 3.98. The fourth-order valence-electron chi connectivity index (χ4n) is 3.07. The largest absolute Gasteiger partial charge is 0.472 e. The summed E-state index contributed by atoms with van der Waals surface area (Å²) in [6.45, 7) is 0.628. The van der Waals surface area contributed by atoms with Gasteiger partial charge in [-0.1, -0.05) is 5.16 Å². The molecule has 0 aliphatic carbocycles. The molecule has 7 heteroatoms. The highest BCUT2D eigenvalue weighted by Gasteiger charge is 2.33. The highest BCUT2D eigenvalue weighted by molar-refractivity contribution is 5.94. The normalized spacial score (nSPS) is 17.6. The van der Waals surface area contributed by atoms with Crippen molar-refractivity contribution in [3.63, 3.8) is 0 Å². The first-order valence-corrected chi connectivity index (χ1v) is 8.15. The van der Waals surface area contributed by atoms with Crippen molar-refractivity contribution in [1.29, 1.82) is 0 Å². The zero-order valence-electron chi connectivity index (χ0n) is 13.4. The van der Waals surface area contributed by atoms with Crippen LogP contribution < -0.4 is 0 Å². The number of carbonyl (C=O) groups excluding carboxylic acids is 1. The third kappa shape index (κ3) is 3.05. The van der Waals surface area contributed by atoms with Crippen LogP contribution in [-0.2, 0) is 0 Å². The summed E-state index contributed by atoms with van der Waals surface area (Å²) in [4.78, 5) is 18.9. The van der Waals surface area contributed by atoms with Gasteiger partial charge in [0.15, 0.2) is 0 Å². The third-order valence-electron chi connectivity index (χ3n) is 4.36. The number of carbonyl (C=O) groups is 1. The Balaban J connectivity index is 1.61. The van der Waals surface area contributed by atoms with E-state index in [-0.39, 0.29) is 17.8 Å². The summed E-state index contributed by atoms with van der Waals surface area (Å²) in [6, 6.07) is 7.27. The number of amides is 1. The van der Waals surface area contributed by atoms with Crippen molar-refractivity contribution in [2.75, 3.05) is 6.54 Å². The van der Waals surface area contributed by atoms with Crippen molar-refractivity contribution in [1.82, 2.24) is 15.0 Å². The summed E-state index contributed by atoms with van der Waals surface area (Å²) in [5.41, 5.74) is 1.17. The number of piperidine rings is 1. The molecular formula is C18H16FN3O3. The second-order valence-electron chi connectivity index (χ2n) is 5.99. The van der Waals surface area contributed by atoms with E-state index in [9.17, 15) is 9.18 Å². The Morgan fingerprint density at radius 1 is 1.20 bits per heavy atom. The molecule has 1 aliphatic heterocycles. The molecular weight excluding hydrogens is 325 g/mol. The van der Waals surface area contributed by atoms with E-state index < -0.39 is 0 Å². The van der Waals surface area contributed by atoms with Gasteiger partial charge in [-0.2, -0.15) is 4.98 Å². The van der Waals surface area contributed by atoms with Gasteiger partial charge in [-0.15, -0.1) is 0 Å². The van der Waals surface area contributed by atoms with Crippen LogP contribution in [0, 0.1) is 5.82 Å². The maximum Gasteiger partial charge on any atom is 0.257 e. The molecule has 128 valence electrons. The van der Waals surface area contributed by atoms with Gasteiger partial charge in [0, 0.05) is 12.1 Å². The number of benzene rings is 1. The van der Waals surface area contributed by atoms with Gasteiger partial charge in [-0.25, -0.2) is 4.39 Å². The first kappa shape index (κ1) is 15.6. The first-order valence-electron chi connectivity index (χ1n) is 8.15. The number of nitrogens with zero attached hydrogens (tertiary/aromatic N) is 3. The van der Waals surface area contributed by atoms with Gasteiger partial charge < -0.3 is 13.8 Å². The quantitative estimate of drug-likeness (QED) is 0.724. The molecule has 6 nitrogen and oxygen atoms in total. The van der Waals surface area contributed by atoms with Gasteiger partial charge in [0.05, 0.1) is 11.8 Å². The molecule has 0 bridgehead atoms. The molecule has 1 amide bonds. The number of aromatic nitrogens is 2. The lowest BCUT2D eigenvalue weighted by Crippen LogP contribution is -2.38. The molecule has 2 aromatic heterocycles. The van der Waals surface area contributed by atoms with Gasteiger partial charge in [0.25, 0.3) is 5.91 Å². The Morgan fingerprint density at radius 3 is 2.80 bits per heavy atom. The SMILES string of the molecule is O=C(c1ccoc1)N1CCCC[C@H]1c1nc(-c2ccc(F)cc2)no1. The minimum Gasteiger partial charge on any atom is -0.472 e. The number of likely N-dealkylation sites (tertiary alicyclic amines) is 1. The maximum atomic E-state index is 13.1. The Bertz CT molecular complexity index is 858. The Hall–Kier alpha value is -2.96. The second kappa shape index (κ2) is 6.51. The van der Waals surface area contributed by atoms with Gasteiger partial charge in [-0.05, 0) is 49.6 Å². The summed E-state index contributed by atoms with van der Waals surface area (Å²) < 4.78 is 23.5. The van der Waals surface area contributed by atoms with Gasteiger partial charge in [0.2, 0.25) is 11.7 Å². The third-order valence-corrected chi connectivity index (χ3v) is 4.36. The van der Waals surface area contributed by atoms with E-state index in [1.165, 1.54) is 24.7 Å². The number of hydrogen-bond acceptors (Lipinski definition) is 5. The molecule has 3 aromatic rings. The standard InChI is InChI=1S/C18H16FN3O3/c19-14-6-4-12(5-7-14)16-20-17(25-21-16)15-3-1-2-9-22(15)18(23)13-8-10-24-11-13/h4-8,10-11,15H,1-3,9H2/t15-/m0/s1. The molecule has 1 aliphatic rings. The average molecular weight is 341 g/mol. The first-order chi connectivity index (χ1) is 12.2. The van der Waals surface area contributed by atoms with Crippen molar-refractivity contribution >= 4 is 5.91 Å². The van der Waals surface area contributed by atoms with E-state index in [1.807, 2.05) is 0 Å². The monoisotopic (exact) mass is 341 g/mol. The summed E-state index contributed by atoms with van der Waals surface area (Å²) in [5.74, 6) is 0.351. The minimum absolute atomic E-state index is 0.111. The van der Waals surface area contributed by atoms with Crippen molar-refractivity contribution in [2.45, 2.75) is 25.3 Å². The molecule has 3 heterocycles. The van der Waals surface area contributed by atoms with Crippen LogP contribution in [0.2, 0.25) is 0 Å². The van der Waals surface area contributed by atoms with Crippen molar-refractivity contribution < 1.29 is 18.1 Å². The lowest BCUT2D eigenvalue weighted by molar-refractivity contribution is 0.0560. The van der Waals surface area contributed by atoms with E-state index in [0.29, 0.717) is 29.4 Å². The maximum absolute atomic E-state index is 13.1. The number of halogens is 1. The number of rotatable bonds is 3. The average Bonchev–Trinajstić information content (AvgIpc) is 3.34. The molecule has 0 saturated carbocycles. The zero-order chi connectivity index (χ0) is 17.2. The van der Waals surface area contributed by atoms with Crippen molar-refractivity contribution in [3.8, 4) is 11.4 Å². The van der Waals surface area contributed by atoms with Crippen LogP contribution in [0.4, 0.5) is 4.39 Å². The minimum atomic E-state index is -0.323. The van der Waals surface area contributed by atoms with Crippen LogP contribution in [0.1, 0.15) is 41.6 Å².